The van der Waals surface area contributed by atoms with Gasteiger partial charge in [0, 0.05) is 16.8 Å². The second kappa shape index (κ2) is 5.28. The molecule has 0 atom stereocenters. The van der Waals surface area contributed by atoms with Crippen LogP contribution in [0.1, 0.15) is 16.1 Å². The number of carboxylic acid groups (broad SMARTS) is 1. The van der Waals surface area contributed by atoms with E-state index in [4.69, 9.17) is 21.4 Å². The van der Waals surface area contributed by atoms with Gasteiger partial charge in [-0.15, -0.1) is 0 Å². The standard InChI is InChI=1S/C14H12ClNO3/c1-8-10(15)3-4-12(19-2)13(8)9-5-6-16-11(7-9)14(17)18/h3-7H,1-2H3,(H,17,18). The van der Waals surface area contributed by atoms with Gasteiger partial charge in [-0.1, -0.05) is 11.6 Å². The van der Waals surface area contributed by atoms with E-state index in [1.807, 2.05) is 6.92 Å². The van der Waals surface area contributed by atoms with Gasteiger partial charge in [0.1, 0.15) is 11.4 Å². The van der Waals surface area contributed by atoms with Crippen LogP contribution in [0, 0.1) is 6.92 Å². The molecule has 0 aliphatic carbocycles. The van der Waals surface area contributed by atoms with Crippen LogP contribution in [0.15, 0.2) is 30.5 Å². The van der Waals surface area contributed by atoms with Crippen LogP contribution < -0.4 is 4.74 Å². The lowest BCUT2D eigenvalue weighted by molar-refractivity contribution is 0.0690. The fourth-order valence-corrected chi connectivity index (χ4v) is 2.05. The van der Waals surface area contributed by atoms with Crippen molar-refractivity contribution >= 4 is 17.6 Å². The molecule has 98 valence electrons. The van der Waals surface area contributed by atoms with Gasteiger partial charge in [0.05, 0.1) is 7.11 Å². The molecule has 2 aromatic rings. The highest BCUT2D eigenvalue weighted by Crippen LogP contribution is 2.36. The van der Waals surface area contributed by atoms with Crippen molar-refractivity contribution in [3.05, 3.63) is 46.7 Å². The quantitative estimate of drug-likeness (QED) is 0.934. The molecule has 0 aliphatic heterocycles. The normalized spacial score (nSPS) is 10.3. The molecule has 0 saturated heterocycles. The molecule has 0 fully saturated rings. The monoisotopic (exact) mass is 277 g/mol. The van der Waals surface area contributed by atoms with Crippen LogP contribution in [-0.2, 0) is 0 Å². The van der Waals surface area contributed by atoms with Gasteiger partial charge in [-0.3, -0.25) is 0 Å². The van der Waals surface area contributed by atoms with Crippen LogP contribution in [-0.4, -0.2) is 23.2 Å². The van der Waals surface area contributed by atoms with Gasteiger partial charge in [-0.2, -0.15) is 0 Å². The minimum atomic E-state index is -1.07. The molecule has 4 nitrogen and oxygen atoms in total. The molecule has 1 aromatic heterocycles. The molecule has 2 rings (SSSR count). The Hall–Kier alpha value is -2.07. The fourth-order valence-electron chi connectivity index (χ4n) is 1.89. The molecular weight excluding hydrogens is 266 g/mol. The number of pyridine rings is 1. The Bertz CT molecular complexity index is 641. The van der Waals surface area contributed by atoms with Crippen LogP contribution in [0.2, 0.25) is 5.02 Å². The highest BCUT2D eigenvalue weighted by molar-refractivity contribution is 6.31. The lowest BCUT2D eigenvalue weighted by atomic mass is 9.99. The van der Waals surface area contributed by atoms with Crippen LogP contribution in [0.4, 0.5) is 0 Å². The number of nitrogens with zero attached hydrogens (tertiary/aromatic N) is 1. The van der Waals surface area contributed by atoms with Gasteiger partial charge in [0.2, 0.25) is 0 Å². The van der Waals surface area contributed by atoms with Crippen molar-refractivity contribution in [2.75, 3.05) is 7.11 Å². The van der Waals surface area contributed by atoms with E-state index in [0.717, 1.165) is 11.1 Å². The molecule has 19 heavy (non-hydrogen) atoms. The topological polar surface area (TPSA) is 59.4 Å². The summed E-state index contributed by atoms with van der Waals surface area (Å²) in [5.74, 6) is -0.426. The maximum Gasteiger partial charge on any atom is 0.354 e. The SMILES string of the molecule is COc1ccc(Cl)c(C)c1-c1ccnc(C(=O)O)c1. The zero-order valence-electron chi connectivity index (χ0n) is 10.5. The smallest absolute Gasteiger partial charge is 0.354 e. The Morgan fingerprint density at radius 2 is 2.11 bits per heavy atom. The molecule has 0 aliphatic rings. The van der Waals surface area contributed by atoms with E-state index in [1.54, 1.807) is 25.3 Å². The third-order valence-electron chi connectivity index (χ3n) is 2.85. The summed E-state index contributed by atoms with van der Waals surface area (Å²) < 4.78 is 5.31. The predicted molar refractivity (Wildman–Crippen MR) is 72.9 cm³/mol. The molecule has 0 unspecified atom stereocenters. The first-order valence-electron chi connectivity index (χ1n) is 5.57. The maximum atomic E-state index is 11.0. The average Bonchev–Trinajstić information content (AvgIpc) is 2.41. The largest absolute Gasteiger partial charge is 0.496 e. The van der Waals surface area contributed by atoms with Crippen molar-refractivity contribution < 1.29 is 14.6 Å². The van der Waals surface area contributed by atoms with Crippen molar-refractivity contribution in [2.45, 2.75) is 6.92 Å². The Morgan fingerprint density at radius 1 is 1.37 bits per heavy atom. The molecule has 1 heterocycles. The molecule has 1 aromatic carbocycles. The number of hydrogen-bond acceptors (Lipinski definition) is 3. The molecule has 0 bridgehead atoms. The first-order chi connectivity index (χ1) is 9.04. The van der Waals surface area contributed by atoms with E-state index in [-0.39, 0.29) is 5.69 Å². The summed E-state index contributed by atoms with van der Waals surface area (Å²) in [6.07, 6.45) is 1.46. The molecule has 0 radical (unpaired) electrons. The molecular formula is C14H12ClNO3. The Balaban J connectivity index is 2.67. The lowest BCUT2D eigenvalue weighted by Gasteiger charge is -2.13. The van der Waals surface area contributed by atoms with Gasteiger partial charge in [-0.25, -0.2) is 9.78 Å². The highest BCUT2D eigenvalue weighted by atomic mass is 35.5. The van der Waals surface area contributed by atoms with Gasteiger partial charge >= 0.3 is 5.97 Å². The first-order valence-corrected chi connectivity index (χ1v) is 5.95. The number of carboxylic acids is 1. The van der Waals surface area contributed by atoms with E-state index in [9.17, 15) is 4.79 Å². The molecule has 5 heteroatoms. The highest BCUT2D eigenvalue weighted by Gasteiger charge is 2.14. The Labute approximate surface area is 115 Å². The van der Waals surface area contributed by atoms with Crippen LogP contribution in [0.25, 0.3) is 11.1 Å². The molecule has 1 N–H and O–H groups in total. The summed E-state index contributed by atoms with van der Waals surface area (Å²) >= 11 is 6.11. The number of benzene rings is 1. The number of aromatic nitrogens is 1. The number of carbonyl (C=O) groups is 1. The number of methoxy groups -OCH3 is 1. The minimum absolute atomic E-state index is 0.0149. The third-order valence-corrected chi connectivity index (χ3v) is 3.26. The van der Waals surface area contributed by atoms with Crippen LogP contribution >= 0.6 is 11.6 Å². The number of hydrogen-bond donors (Lipinski definition) is 1. The van der Waals surface area contributed by atoms with Crippen molar-refractivity contribution in [1.82, 2.24) is 4.98 Å². The van der Waals surface area contributed by atoms with Crippen molar-refractivity contribution in [2.24, 2.45) is 0 Å². The second-order valence-electron chi connectivity index (χ2n) is 3.98. The third kappa shape index (κ3) is 2.53. The summed E-state index contributed by atoms with van der Waals surface area (Å²) in [4.78, 5) is 14.8. The van der Waals surface area contributed by atoms with Crippen LogP contribution in [0.3, 0.4) is 0 Å². The minimum Gasteiger partial charge on any atom is -0.496 e. The number of halogens is 1. The Morgan fingerprint density at radius 3 is 2.74 bits per heavy atom. The molecule has 0 amide bonds. The van der Waals surface area contributed by atoms with Crippen molar-refractivity contribution in [3.63, 3.8) is 0 Å². The number of ether oxygens (including phenoxy) is 1. The average molecular weight is 278 g/mol. The summed E-state index contributed by atoms with van der Waals surface area (Å²) in [6.45, 7) is 1.86. The zero-order valence-corrected chi connectivity index (χ0v) is 11.2. The Kier molecular flexibility index (Phi) is 3.71. The summed E-state index contributed by atoms with van der Waals surface area (Å²) in [5, 5.41) is 9.59. The maximum absolute atomic E-state index is 11.0. The number of rotatable bonds is 3. The van der Waals surface area contributed by atoms with E-state index in [1.165, 1.54) is 12.3 Å². The summed E-state index contributed by atoms with van der Waals surface area (Å²) in [6, 6.07) is 6.74. The van der Waals surface area contributed by atoms with Crippen molar-refractivity contribution in [1.29, 1.82) is 0 Å². The van der Waals surface area contributed by atoms with Gasteiger partial charge in [0.15, 0.2) is 0 Å². The predicted octanol–water partition coefficient (Wildman–Crippen LogP) is 3.42. The number of aromatic carboxylic acids is 1. The van der Waals surface area contributed by atoms with Gasteiger partial charge < -0.3 is 9.84 Å². The van der Waals surface area contributed by atoms with Crippen molar-refractivity contribution in [3.8, 4) is 16.9 Å². The molecule has 0 saturated carbocycles. The molecule has 0 spiro atoms. The van der Waals surface area contributed by atoms with Gasteiger partial charge in [-0.05, 0) is 42.3 Å². The summed E-state index contributed by atoms with van der Waals surface area (Å²) in [5.41, 5.74) is 2.31. The van der Waals surface area contributed by atoms with Gasteiger partial charge in [0.25, 0.3) is 0 Å². The first kappa shape index (κ1) is 13.4. The lowest BCUT2D eigenvalue weighted by Crippen LogP contribution is -2.00. The van der Waals surface area contributed by atoms with Crippen LogP contribution in [0.5, 0.6) is 5.75 Å². The fraction of sp³-hybridized carbons (Fsp3) is 0.143. The second-order valence-corrected chi connectivity index (χ2v) is 4.39. The van der Waals surface area contributed by atoms with E-state index >= 15 is 0 Å². The zero-order chi connectivity index (χ0) is 14.0. The summed E-state index contributed by atoms with van der Waals surface area (Å²) in [7, 11) is 1.56. The van der Waals surface area contributed by atoms with E-state index < -0.39 is 5.97 Å². The van der Waals surface area contributed by atoms with E-state index in [0.29, 0.717) is 16.3 Å². The van der Waals surface area contributed by atoms with E-state index in [2.05, 4.69) is 4.98 Å².